The molecule has 10 heteroatoms. The van der Waals surface area contributed by atoms with Crippen molar-refractivity contribution in [3.8, 4) is 0 Å². The van der Waals surface area contributed by atoms with E-state index in [-0.39, 0.29) is 28.4 Å². The van der Waals surface area contributed by atoms with E-state index in [1.807, 2.05) is 57.2 Å². The van der Waals surface area contributed by atoms with Crippen LogP contribution in [0.2, 0.25) is 0 Å². The van der Waals surface area contributed by atoms with E-state index in [1.165, 1.54) is 0 Å². The number of nitrogens with two attached hydrogens (primary N) is 1. The number of hydrogen-bond donors (Lipinski definition) is 6. The van der Waals surface area contributed by atoms with E-state index in [0.717, 1.165) is 12.0 Å². The van der Waals surface area contributed by atoms with Gasteiger partial charge in [0, 0.05) is 29.8 Å². The molecule has 0 aromatic heterocycles. The maximum Gasteiger partial charge on any atom is 0.326 e. The quantitative estimate of drug-likeness (QED) is 0.219. The lowest BCUT2D eigenvalue weighted by molar-refractivity contribution is -0.142. The van der Waals surface area contributed by atoms with Crippen LogP contribution in [0.4, 0.5) is 5.69 Å². The van der Waals surface area contributed by atoms with Crippen molar-refractivity contribution in [2.45, 2.75) is 68.7 Å². The molecule has 3 atom stereocenters. The van der Waals surface area contributed by atoms with Crippen LogP contribution in [-0.2, 0) is 20.8 Å². The van der Waals surface area contributed by atoms with Crippen molar-refractivity contribution in [2.75, 3.05) is 11.9 Å². The first-order chi connectivity index (χ1) is 18.5. The lowest BCUT2D eigenvalue weighted by Crippen LogP contribution is -2.54. The Morgan fingerprint density at radius 2 is 1.67 bits per heavy atom. The van der Waals surface area contributed by atoms with Gasteiger partial charge in [-0.05, 0) is 51.3 Å². The molecule has 2 aromatic rings. The number of aliphatic carboxylic acids is 1. The highest BCUT2D eigenvalue weighted by molar-refractivity contribution is 8.01. The highest BCUT2D eigenvalue weighted by atomic mass is 32.2. The Morgan fingerprint density at radius 3 is 2.15 bits per heavy atom. The van der Waals surface area contributed by atoms with Gasteiger partial charge in [0.2, 0.25) is 11.8 Å². The summed E-state index contributed by atoms with van der Waals surface area (Å²) in [6.07, 6.45) is 2.05. The number of benzene rings is 2. The van der Waals surface area contributed by atoms with E-state index in [4.69, 9.17) is 5.73 Å². The van der Waals surface area contributed by atoms with Crippen molar-refractivity contribution < 1.29 is 19.5 Å². The summed E-state index contributed by atoms with van der Waals surface area (Å²) in [4.78, 5) is 36.6. The zero-order valence-corrected chi connectivity index (χ0v) is 23.7. The number of amides is 2. The Balaban J connectivity index is 0.000000780. The average Bonchev–Trinajstić information content (AvgIpc) is 3.17. The summed E-state index contributed by atoms with van der Waals surface area (Å²) < 4.78 is -0.331. The molecule has 1 heterocycles. The first-order valence-electron chi connectivity index (χ1n) is 13.0. The average molecular weight is 556 g/mol. The molecule has 0 aliphatic carbocycles. The summed E-state index contributed by atoms with van der Waals surface area (Å²) in [6, 6.07) is 17.5. The van der Waals surface area contributed by atoms with Crippen LogP contribution in [0.3, 0.4) is 0 Å². The minimum atomic E-state index is -1.09. The molecule has 0 radical (unpaired) electrons. The zero-order chi connectivity index (χ0) is 28.8. The van der Waals surface area contributed by atoms with Crippen LogP contribution < -0.4 is 27.0 Å². The standard InChI is InChI=1S/C23H35N5O4S.C6H6/c1-14(24)25-12-6-5-7-19(29)27-17-10-8-16(9-11-17)13-18(22(31)32)28-21(30)20-23(3,4)33-15(2)26-20;1-2-4-6-5-3-1/h8-11,15,18,20,25-26H,1,5-7,12-13,24H2,2-4H3,(H,27,29)(H,28,30)(H,31,32);1-6H. The van der Waals surface area contributed by atoms with Gasteiger partial charge in [-0.2, -0.15) is 0 Å². The summed E-state index contributed by atoms with van der Waals surface area (Å²) in [7, 11) is 0. The van der Waals surface area contributed by atoms with Gasteiger partial charge in [0.25, 0.3) is 0 Å². The number of carbonyl (C=O) groups is 3. The Kier molecular flexibility index (Phi) is 12.9. The van der Waals surface area contributed by atoms with E-state index in [2.05, 4.69) is 27.8 Å². The lowest BCUT2D eigenvalue weighted by Gasteiger charge is -2.26. The largest absolute Gasteiger partial charge is 0.480 e. The van der Waals surface area contributed by atoms with E-state index >= 15 is 0 Å². The number of anilines is 1. The molecule has 1 aliphatic rings. The number of hydrogen-bond acceptors (Lipinski definition) is 7. The maximum absolute atomic E-state index is 12.7. The molecular formula is C29H41N5O4S. The smallest absolute Gasteiger partial charge is 0.326 e. The molecule has 2 amide bonds. The third kappa shape index (κ3) is 11.8. The number of carboxylic acid groups (broad SMARTS) is 1. The Morgan fingerprint density at radius 1 is 1.08 bits per heavy atom. The SMILES string of the molecule is C=C(N)NCCCCC(=O)Nc1ccc(CC(NC(=O)C2NC(C)SC2(C)C)C(=O)O)cc1.c1ccccc1. The van der Waals surface area contributed by atoms with Crippen molar-refractivity contribution in [1.82, 2.24) is 16.0 Å². The van der Waals surface area contributed by atoms with Crippen molar-refractivity contribution in [2.24, 2.45) is 5.73 Å². The van der Waals surface area contributed by atoms with Gasteiger partial charge in [0.15, 0.2) is 0 Å². The van der Waals surface area contributed by atoms with Crippen LogP contribution in [0.15, 0.2) is 73.1 Å². The van der Waals surface area contributed by atoms with Crippen LogP contribution in [0, 0.1) is 0 Å². The molecule has 0 spiro atoms. The molecule has 7 N–H and O–H groups in total. The molecule has 39 heavy (non-hydrogen) atoms. The summed E-state index contributed by atoms with van der Waals surface area (Å²) >= 11 is 1.65. The van der Waals surface area contributed by atoms with Crippen LogP contribution in [0.25, 0.3) is 0 Å². The van der Waals surface area contributed by atoms with E-state index in [0.29, 0.717) is 30.9 Å². The highest BCUT2D eigenvalue weighted by Gasteiger charge is 2.44. The highest BCUT2D eigenvalue weighted by Crippen LogP contribution is 2.37. The first kappa shape index (κ1) is 31.7. The second-order valence-electron chi connectivity index (χ2n) is 9.88. The van der Waals surface area contributed by atoms with Crippen molar-refractivity contribution >= 4 is 35.2 Å². The lowest BCUT2D eigenvalue weighted by atomic mass is 10.0. The van der Waals surface area contributed by atoms with Crippen LogP contribution in [0.1, 0.15) is 45.6 Å². The third-order valence-corrected chi connectivity index (χ3v) is 7.31. The Labute approximate surface area is 235 Å². The van der Waals surface area contributed by atoms with Crippen molar-refractivity contribution in [3.63, 3.8) is 0 Å². The molecule has 3 rings (SSSR count). The number of carboxylic acids is 1. The second kappa shape index (κ2) is 15.8. The predicted molar refractivity (Wildman–Crippen MR) is 158 cm³/mol. The molecule has 1 saturated heterocycles. The third-order valence-electron chi connectivity index (χ3n) is 5.98. The van der Waals surface area contributed by atoms with Gasteiger partial charge < -0.3 is 26.8 Å². The number of nitrogens with one attached hydrogen (secondary N) is 4. The summed E-state index contributed by atoms with van der Waals surface area (Å²) in [5.74, 6) is -1.09. The van der Waals surface area contributed by atoms with E-state index in [1.54, 1.807) is 36.0 Å². The molecule has 3 unspecified atom stereocenters. The van der Waals surface area contributed by atoms with E-state index in [9.17, 15) is 19.5 Å². The fraction of sp³-hybridized carbons (Fsp3) is 0.414. The fourth-order valence-corrected chi connectivity index (χ4v) is 5.49. The Hall–Kier alpha value is -3.50. The van der Waals surface area contributed by atoms with Gasteiger partial charge in [-0.3, -0.25) is 14.9 Å². The van der Waals surface area contributed by atoms with Gasteiger partial charge in [-0.25, -0.2) is 4.79 Å². The van der Waals surface area contributed by atoms with Gasteiger partial charge in [0.05, 0.1) is 11.2 Å². The van der Waals surface area contributed by atoms with Crippen LogP contribution in [0.5, 0.6) is 0 Å². The number of rotatable bonds is 12. The monoisotopic (exact) mass is 555 g/mol. The number of carbonyl (C=O) groups excluding carboxylic acids is 2. The topological polar surface area (TPSA) is 146 Å². The van der Waals surface area contributed by atoms with Crippen molar-refractivity contribution in [1.29, 1.82) is 0 Å². The van der Waals surface area contributed by atoms with Gasteiger partial charge in [-0.15, -0.1) is 11.8 Å². The molecule has 1 fully saturated rings. The minimum Gasteiger partial charge on any atom is -0.480 e. The molecule has 0 saturated carbocycles. The van der Waals surface area contributed by atoms with Gasteiger partial charge >= 0.3 is 5.97 Å². The second-order valence-corrected chi connectivity index (χ2v) is 11.9. The maximum atomic E-state index is 12.7. The van der Waals surface area contributed by atoms with Crippen LogP contribution in [-0.4, -0.2) is 51.6 Å². The summed E-state index contributed by atoms with van der Waals surface area (Å²) in [6.45, 7) is 10.1. The summed E-state index contributed by atoms with van der Waals surface area (Å²) in [5.41, 5.74) is 6.80. The first-order valence-corrected chi connectivity index (χ1v) is 13.9. The fourth-order valence-electron chi connectivity index (χ4n) is 4.07. The van der Waals surface area contributed by atoms with Gasteiger partial charge in [0.1, 0.15) is 12.1 Å². The van der Waals surface area contributed by atoms with Gasteiger partial charge in [-0.1, -0.05) is 55.1 Å². The van der Waals surface area contributed by atoms with E-state index < -0.39 is 18.1 Å². The molecule has 1 aliphatic heterocycles. The predicted octanol–water partition coefficient (Wildman–Crippen LogP) is 3.44. The molecular weight excluding hydrogens is 514 g/mol. The number of unbranched alkanes of at least 4 members (excludes halogenated alkanes) is 1. The normalized spacial score (nSPS) is 18.1. The van der Waals surface area contributed by atoms with Crippen molar-refractivity contribution in [3.05, 3.63) is 78.6 Å². The molecule has 2 aromatic carbocycles. The molecule has 212 valence electrons. The number of thioether (sulfide) groups is 1. The summed E-state index contributed by atoms with van der Waals surface area (Å²) in [5, 5.41) is 21.4. The van der Waals surface area contributed by atoms with Crippen LogP contribution >= 0.6 is 11.8 Å². The Bertz CT molecular complexity index is 1050. The minimum absolute atomic E-state index is 0.0937. The molecule has 9 nitrogen and oxygen atoms in total. The zero-order valence-electron chi connectivity index (χ0n) is 22.9. The molecule has 0 bridgehead atoms.